The molecule has 1 aliphatic carbocycles. The second-order valence-corrected chi connectivity index (χ2v) is 4.83. The van der Waals surface area contributed by atoms with Crippen molar-refractivity contribution in [3.8, 4) is 11.5 Å². The van der Waals surface area contributed by atoms with Crippen molar-refractivity contribution in [1.29, 1.82) is 0 Å². The van der Waals surface area contributed by atoms with Crippen molar-refractivity contribution < 1.29 is 20.1 Å². The van der Waals surface area contributed by atoms with Gasteiger partial charge < -0.3 is 20.2 Å². The molecule has 19 heavy (non-hydrogen) atoms. The molecule has 1 aliphatic rings. The summed E-state index contributed by atoms with van der Waals surface area (Å²) < 4.78 is 0. The SMILES string of the molecule is O=C(c1cccc(O)c1O)N(CCO)C1CCCC1. The van der Waals surface area contributed by atoms with Crippen LogP contribution in [0.25, 0.3) is 0 Å². The van der Waals surface area contributed by atoms with Crippen LogP contribution in [0.1, 0.15) is 36.0 Å². The number of carbonyl (C=O) groups excluding carboxylic acids is 1. The van der Waals surface area contributed by atoms with Gasteiger partial charge in [-0.25, -0.2) is 0 Å². The van der Waals surface area contributed by atoms with Crippen LogP contribution in [0.2, 0.25) is 0 Å². The number of hydrogen-bond donors (Lipinski definition) is 3. The molecular weight excluding hydrogens is 246 g/mol. The van der Waals surface area contributed by atoms with Crippen molar-refractivity contribution in [2.24, 2.45) is 0 Å². The Labute approximate surface area is 112 Å². The zero-order chi connectivity index (χ0) is 13.8. The molecule has 1 fully saturated rings. The Morgan fingerprint density at radius 3 is 2.58 bits per heavy atom. The van der Waals surface area contributed by atoms with Crippen molar-refractivity contribution in [2.75, 3.05) is 13.2 Å². The Hall–Kier alpha value is -1.75. The van der Waals surface area contributed by atoms with E-state index < -0.39 is 5.75 Å². The van der Waals surface area contributed by atoms with Crippen molar-refractivity contribution in [2.45, 2.75) is 31.7 Å². The standard InChI is InChI=1S/C14H19NO4/c16-9-8-15(10-4-1-2-5-10)14(19)11-6-3-7-12(17)13(11)18/h3,6-7,10,16-18H,1-2,4-5,8-9H2. The minimum absolute atomic E-state index is 0.0837. The van der Waals surface area contributed by atoms with Crippen LogP contribution in [-0.2, 0) is 0 Å². The predicted octanol–water partition coefficient (Wildman–Crippen LogP) is 1.47. The van der Waals surface area contributed by atoms with Crippen LogP contribution in [0, 0.1) is 0 Å². The highest BCUT2D eigenvalue weighted by Crippen LogP contribution is 2.31. The molecular formula is C14H19NO4. The summed E-state index contributed by atoms with van der Waals surface area (Å²) >= 11 is 0. The number of rotatable bonds is 4. The molecule has 5 heteroatoms. The molecule has 0 aromatic heterocycles. The molecule has 2 rings (SSSR count). The van der Waals surface area contributed by atoms with Crippen molar-refractivity contribution in [3.05, 3.63) is 23.8 Å². The Kier molecular flexibility index (Phi) is 4.27. The van der Waals surface area contributed by atoms with Gasteiger partial charge >= 0.3 is 0 Å². The highest BCUT2D eigenvalue weighted by molar-refractivity contribution is 5.97. The lowest BCUT2D eigenvalue weighted by Crippen LogP contribution is -2.40. The maximum atomic E-state index is 12.4. The van der Waals surface area contributed by atoms with Crippen molar-refractivity contribution in [1.82, 2.24) is 4.90 Å². The number of hydrogen-bond acceptors (Lipinski definition) is 4. The van der Waals surface area contributed by atoms with Gasteiger partial charge in [-0.05, 0) is 25.0 Å². The molecule has 0 heterocycles. The summed E-state index contributed by atoms with van der Waals surface area (Å²) in [6.07, 6.45) is 3.99. The molecule has 5 nitrogen and oxygen atoms in total. The van der Waals surface area contributed by atoms with Crippen LogP contribution in [0.15, 0.2) is 18.2 Å². The number of benzene rings is 1. The molecule has 1 aromatic rings. The van der Waals surface area contributed by atoms with Crippen LogP contribution >= 0.6 is 0 Å². The Morgan fingerprint density at radius 2 is 1.95 bits per heavy atom. The van der Waals surface area contributed by atoms with Crippen molar-refractivity contribution in [3.63, 3.8) is 0 Å². The van der Waals surface area contributed by atoms with E-state index >= 15 is 0 Å². The zero-order valence-electron chi connectivity index (χ0n) is 10.7. The van der Waals surface area contributed by atoms with Gasteiger partial charge in [-0.3, -0.25) is 4.79 Å². The fourth-order valence-electron chi connectivity index (χ4n) is 2.63. The first-order chi connectivity index (χ1) is 9.15. The molecule has 0 spiro atoms. The third kappa shape index (κ3) is 2.81. The molecule has 0 unspecified atom stereocenters. The van der Waals surface area contributed by atoms with E-state index in [1.165, 1.54) is 18.2 Å². The topological polar surface area (TPSA) is 81.0 Å². The van der Waals surface area contributed by atoms with Crippen LogP contribution < -0.4 is 0 Å². The number of nitrogens with zero attached hydrogens (tertiary/aromatic N) is 1. The lowest BCUT2D eigenvalue weighted by atomic mass is 10.1. The molecule has 0 saturated heterocycles. The summed E-state index contributed by atoms with van der Waals surface area (Å²) in [5.41, 5.74) is 0.0837. The predicted molar refractivity (Wildman–Crippen MR) is 70.1 cm³/mol. The van der Waals surface area contributed by atoms with Gasteiger partial charge in [-0.1, -0.05) is 18.9 Å². The minimum atomic E-state index is -0.395. The van der Waals surface area contributed by atoms with E-state index in [4.69, 9.17) is 5.11 Å². The van der Waals surface area contributed by atoms with Gasteiger partial charge in [0.05, 0.1) is 12.2 Å². The zero-order valence-corrected chi connectivity index (χ0v) is 10.7. The van der Waals surface area contributed by atoms with E-state index in [-0.39, 0.29) is 36.4 Å². The van der Waals surface area contributed by atoms with Gasteiger partial charge in [0.2, 0.25) is 0 Å². The average molecular weight is 265 g/mol. The van der Waals surface area contributed by atoms with E-state index in [9.17, 15) is 15.0 Å². The third-order valence-electron chi connectivity index (χ3n) is 3.61. The van der Waals surface area contributed by atoms with Gasteiger partial charge in [0.25, 0.3) is 5.91 Å². The number of aliphatic hydroxyl groups is 1. The normalized spacial score (nSPS) is 15.6. The Morgan fingerprint density at radius 1 is 1.26 bits per heavy atom. The number of phenolic OH excluding ortho intramolecular Hbond substituents is 2. The summed E-state index contributed by atoms with van der Waals surface area (Å²) in [6.45, 7) is 0.139. The van der Waals surface area contributed by atoms with Crippen LogP contribution in [0.5, 0.6) is 11.5 Å². The van der Waals surface area contributed by atoms with Gasteiger partial charge in [-0.15, -0.1) is 0 Å². The monoisotopic (exact) mass is 265 g/mol. The summed E-state index contributed by atoms with van der Waals surface area (Å²) in [5.74, 6) is -1.04. The number of carbonyl (C=O) groups is 1. The molecule has 0 atom stereocenters. The van der Waals surface area contributed by atoms with E-state index in [0.717, 1.165) is 25.7 Å². The molecule has 104 valence electrons. The lowest BCUT2D eigenvalue weighted by Gasteiger charge is -2.28. The van der Waals surface area contributed by atoms with E-state index in [1.54, 1.807) is 4.90 Å². The van der Waals surface area contributed by atoms with Crippen LogP contribution in [-0.4, -0.2) is 45.3 Å². The second-order valence-electron chi connectivity index (χ2n) is 4.83. The maximum absolute atomic E-state index is 12.4. The first kappa shape index (κ1) is 13.7. The number of aromatic hydroxyl groups is 2. The second kappa shape index (κ2) is 5.93. The van der Waals surface area contributed by atoms with Gasteiger partial charge in [0, 0.05) is 12.6 Å². The maximum Gasteiger partial charge on any atom is 0.258 e. The van der Waals surface area contributed by atoms with E-state index in [2.05, 4.69) is 0 Å². The number of aliphatic hydroxyl groups excluding tert-OH is 1. The van der Waals surface area contributed by atoms with Gasteiger partial charge in [0.15, 0.2) is 11.5 Å². The first-order valence-electron chi connectivity index (χ1n) is 6.58. The van der Waals surface area contributed by atoms with E-state index in [1.807, 2.05) is 0 Å². The lowest BCUT2D eigenvalue weighted by molar-refractivity contribution is 0.0634. The molecule has 1 saturated carbocycles. The van der Waals surface area contributed by atoms with Gasteiger partial charge in [-0.2, -0.15) is 0 Å². The fourth-order valence-corrected chi connectivity index (χ4v) is 2.63. The fraction of sp³-hybridized carbons (Fsp3) is 0.500. The molecule has 1 amide bonds. The quantitative estimate of drug-likeness (QED) is 0.720. The molecule has 1 aromatic carbocycles. The van der Waals surface area contributed by atoms with Crippen LogP contribution in [0.4, 0.5) is 0 Å². The largest absolute Gasteiger partial charge is 0.504 e. The summed E-state index contributed by atoms with van der Waals surface area (Å²) in [5, 5.41) is 28.3. The molecule has 3 N–H and O–H groups in total. The van der Waals surface area contributed by atoms with Crippen LogP contribution in [0.3, 0.4) is 0 Å². The first-order valence-corrected chi connectivity index (χ1v) is 6.58. The Bertz CT molecular complexity index is 455. The summed E-state index contributed by atoms with van der Waals surface area (Å²) in [7, 11) is 0. The average Bonchev–Trinajstić information content (AvgIpc) is 2.92. The number of phenols is 2. The molecule has 0 bridgehead atoms. The Balaban J connectivity index is 2.25. The highest BCUT2D eigenvalue weighted by Gasteiger charge is 2.28. The summed E-state index contributed by atoms with van der Waals surface area (Å²) in [4.78, 5) is 14.0. The summed E-state index contributed by atoms with van der Waals surface area (Å²) in [6, 6.07) is 4.45. The third-order valence-corrected chi connectivity index (χ3v) is 3.61. The smallest absolute Gasteiger partial charge is 0.258 e. The van der Waals surface area contributed by atoms with Crippen molar-refractivity contribution >= 4 is 5.91 Å². The van der Waals surface area contributed by atoms with E-state index in [0.29, 0.717) is 0 Å². The number of para-hydroxylation sites is 1. The molecule has 0 aliphatic heterocycles. The highest BCUT2D eigenvalue weighted by atomic mass is 16.3. The molecule has 0 radical (unpaired) electrons. The van der Waals surface area contributed by atoms with Gasteiger partial charge in [0.1, 0.15) is 0 Å². The minimum Gasteiger partial charge on any atom is -0.504 e. The number of amides is 1.